The molecule has 198 valence electrons. The normalized spacial score (nSPS) is 17.3. The molecule has 6 rings (SSSR count). The summed E-state index contributed by atoms with van der Waals surface area (Å²) < 4.78 is 15.1. The summed E-state index contributed by atoms with van der Waals surface area (Å²) in [4.78, 5) is 34.5. The SMILES string of the molecule is Cc1ccc(S(=O)c2n[nH]n3c2nc(=O)c2ccc(N4CCN(CC(=O)NCC5CC5)CC4)cc23)c(C)c1. The fourth-order valence-electron chi connectivity index (χ4n) is 5.03. The molecule has 1 aliphatic heterocycles. The summed E-state index contributed by atoms with van der Waals surface area (Å²) in [7, 11) is -1.59. The van der Waals surface area contributed by atoms with Crippen molar-refractivity contribution in [2.24, 2.45) is 5.92 Å². The average Bonchev–Trinajstić information content (AvgIpc) is 3.65. The predicted octanol–water partition coefficient (Wildman–Crippen LogP) is 2.00. The molecule has 38 heavy (non-hydrogen) atoms. The van der Waals surface area contributed by atoms with E-state index in [2.05, 4.69) is 30.4 Å². The van der Waals surface area contributed by atoms with E-state index in [1.807, 2.05) is 44.2 Å². The minimum atomic E-state index is -1.59. The van der Waals surface area contributed by atoms with E-state index in [4.69, 9.17) is 0 Å². The quantitative estimate of drug-likeness (QED) is 0.373. The van der Waals surface area contributed by atoms with E-state index in [1.54, 1.807) is 10.6 Å². The molecule has 1 unspecified atom stereocenters. The maximum Gasteiger partial charge on any atom is 0.281 e. The number of nitrogens with one attached hydrogen (secondary N) is 2. The van der Waals surface area contributed by atoms with E-state index in [1.165, 1.54) is 12.8 Å². The highest BCUT2D eigenvalue weighted by Crippen LogP contribution is 2.28. The van der Waals surface area contributed by atoms with E-state index in [9.17, 15) is 13.8 Å². The molecule has 1 amide bonds. The summed E-state index contributed by atoms with van der Waals surface area (Å²) >= 11 is 0. The lowest BCUT2D eigenvalue weighted by molar-refractivity contribution is -0.122. The molecule has 2 aliphatic rings. The Morgan fingerprint density at radius 2 is 1.89 bits per heavy atom. The number of aromatic nitrogens is 4. The van der Waals surface area contributed by atoms with Gasteiger partial charge in [-0.25, -0.2) is 13.9 Å². The Morgan fingerprint density at radius 3 is 2.63 bits per heavy atom. The molecule has 2 fully saturated rings. The van der Waals surface area contributed by atoms with Crippen LogP contribution in [-0.2, 0) is 15.6 Å². The van der Waals surface area contributed by atoms with Gasteiger partial charge in [-0.1, -0.05) is 17.7 Å². The zero-order valence-electron chi connectivity index (χ0n) is 21.6. The van der Waals surface area contributed by atoms with Gasteiger partial charge in [-0.15, -0.1) is 5.10 Å². The number of piperazine rings is 1. The topological polar surface area (TPSA) is 116 Å². The molecule has 1 aliphatic carbocycles. The number of fused-ring (bicyclic) bond motifs is 3. The van der Waals surface area contributed by atoms with Crippen molar-refractivity contribution in [3.05, 3.63) is 57.9 Å². The smallest absolute Gasteiger partial charge is 0.281 e. The molecule has 0 radical (unpaired) electrons. The van der Waals surface area contributed by atoms with Gasteiger partial charge in [-0.05, 0) is 62.4 Å². The molecule has 2 aromatic carbocycles. The summed E-state index contributed by atoms with van der Waals surface area (Å²) in [5, 5.41) is 11.0. The number of aromatic amines is 1. The van der Waals surface area contributed by atoms with Crippen LogP contribution in [0.3, 0.4) is 0 Å². The molecule has 11 heteroatoms. The second kappa shape index (κ2) is 9.95. The number of anilines is 1. The minimum Gasteiger partial charge on any atom is -0.369 e. The Morgan fingerprint density at radius 1 is 1.11 bits per heavy atom. The Kier molecular flexibility index (Phi) is 6.48. The molecule has 0 bridgehead atoms. The molecule has 1 saturated heterocycles. The third-order valence-corrected chi connectivity index (χ3v) is 8.89. The number of hydrogen-bond acceptors (Lipinski definition) is 7. The summed E-state index contributed by atoms with van der Waals surface area (Å²) in [6, 6.07) is 11.4. The van der Waals surface area contributed by atoms with Crippen molar-refractivity contribution in [2.45, 2.75) is 36.6 Å². The van der Waals surface area contributed by atoms with Gasteiger partial charge in [0.1, 0.15) is 10.8 Å². The number of aryl methyl sites for hydroxylation is 2. The van der Waals surface area contributed by atoms with Gasteiger partial charge in [0, 0.05) is 43.3 Å². The lowest BCUT2D eigenvalue weighted by atomic mass is 10.2. The monoisotopic (exact) mass is 533 g/mol. The number of benzene rings is 2. The highest BCUT2D eigenvalue weighted by atomic mass is 32.2. The molecule has 2 N–H and O–H groups in total. The Labute approximate surface area is 222 Å². The van der Waals surface area contributed by atoms with Gasteiger partial charge in [0.05, 0.1) is 17.4 Å². The van der Waals surface area contributed by atoms with Crippen LogP contribution in [0.2, 0.25) is 0 Å². The number of carbonyl (C=O) groups is 1. The van der Waals surface area contributed by atoms with Crippen LogP contribution in [0.15, 0.2) is 51.1 Å². The van der Waals surface area contributed by atoms with Crippen molar-refractivity contribution in [2.75, 3.05) is 44.2 Å². The molecule has 1 saturated carbocycles. The lowest BCUT2D eigenvalue weighted by Gasteiger charge is -2.35. The lowest BCUT2D eigenvalue weighted by Crippen LogP contribution is -2.49. The van der Waals surface area contributed by atoms with Crippen molar-refractivity contribution in [3.63, 3.8) is 0 Å². The average molecular weight is 534 g/mol. The number of nitrogens with zero attached hydrogens (tertiary/aromatic N) is 5. The van der Waals surface area contributed by atoms with Gasteiger partial charge in [0.2, 0.25) is 5.91 Å². The van der Waals surface area contributed by atoms with Crippen molar-refractivity contribution in [1.82, 2.24) is 30.0 Å². The van der Waals surface area contributed by atoms with Crippen LogP contribution in [0, 0.1) is 19.8 Å². The molecular formula is C27H31N7O3S. The Balaban J connectivity index is 1.24. The maximum atomic E-state index is 13.4. The van der Waals surface area contributed by atoms with Gasteiger partial charge in [0.15, 0.2) is 10.7 Å². The number of amides is 1. The third kappa shape index (κ3) is 4.83. The first-order chi connectivity index (χ1) is 18.4. The van der Waals surface area contributed by atoms with Crippen molar-refractivity contribution in [3.8, 4) is 0 Å². The molecule has 4 aromatic rings. The maximum absolute atomic E-state index is 13.4. The van der Waals surface area contributed by atoms with Crippen LogP contribution in [0.1, 0.15) is 24.0 Å². The van der Waals surface area contributed by atoms with Crippen LogP contribution >= 0.6 is 0 Å². The molecular weight excluding hydrogens is 502 g/mol. The van der Waals surface area contributed by atoms with Gasteiger partial charge in [0.25, 0.3) is 5.56 Å². The zero-order chi connectivity index (χ0) is 26.4. The van der Waals surface area contributed by atoms with E-state index >= 15 is 0 Å². The first kappa shape index (κ1) is 24.7. The van der Waals surface area contributed by atoms with Gasteiger partial charge in [-0.2, -0.15) is 4.98 Å². The zero-order valence-corrected chi connectivity index (χ0v) is 22.4. The molecule has 3 heterocycles. The van der Waals surface area contributed by atoms with Crippen LogP contribution in [0.4, 0.5) is 5.69 Å². The van der Waals surface area contributed by atoms with Crippen LogP contribution in [0.25, 0.3) is 16.6 Å². The van der Waals surface area contributed by atoms with E-state index in [-0.39, 0.29) is 22.1 Å². The van der Waals surface area contributed by atoms with E-state index < -0.39 is 10.8 Å². The fraction of sp³-hybridized carbons (Fsp3) is 0.407. The summed E-state index contributed by atoms with van der Waals surface area (Å²) in [5.41, 5.74) is 3.47. The van der Waals surface area contributed by atoms with E-state index in [0.29, 0.717) is 28.3 Å². The Hall–Kier alpha value is -3.57. The van der Waals surface area contributed by atoms with Gasteiger partial charge in [-0.3, -0.25) is 14.5 Å². The highest BCUT2D eigenvalue weighted by molar-refractivity contribution is 7.85. The standard InChI is InChI=1S/C27H31N7O3S/c1-17-3-8-23(18(2)13-17)38(37)27-25-29-26(36)21-7-6-20(14-22(21)34(25)31-30-27)33-11-9-32(10-12-33)16-24(35)28-15-19-4-5-19/h3,6-8,13-14,19,31H,4-5,9-12,15-16H2,1-2H3,(H,28,35). The predicted molar refractivity (Wildman–Crippen MR) is 146 cm³/mol. The summed E-state index contributed by atoms with van der Waals surface area (Å²) in [6.07, 6.45) is 2.45. The molecule has 1 atom stereocenters. The summed E-state index contributed by atoms with van der Waals surface area (Å²) in [6.45, 7) is 8.23. The van der Waals surface area contributed by atoms with Crippen LogP contribution in [-0.4, -0.2) is 74.1 Å². The van der Waals surface area contributed by atoms with Crippen LogP contribution < -0.4 is 15.8 Å². The largest absolute Gasteiger partial charge is 0.369 e. The van der Waals surface area contributed by atoms with Gasteiger partial charge >= 0.3 is 0 Å². The second-order valence-corrected chi connectivity index (χ2v) is 11.7. The van der Waals surface area contributed by atoms with Crippen molar-refractivity contribution < 1.29 is 9.00 Å². The first-order valence-corrected chi connectivity index (χ1v) is 14.2. The van der Waals surface area contributed by atoms with Crippen LogP contribution in [0.5, 0.6) is 0 Å². The fourth-order valence-corrected chi connectivity index (χ4v) is 6.21. The third-order valence-electron chi connectivity index (χ3n) is 7.41. The minimum absolute atomic E-state index is 0.0959. The number of carbonyl (C=O) groups excluding carboxylic acids is 1. The Bertz CT molecular complexity index is 1620. The number of hydrogen-bond donors (Lipinski definition) is 2. The van der Waals surface area contributed by atoms with Crippen molar-refractivity contribution >= 4 is 38.9 Å². The number of rotatable bonds is 7. The number of H-pyrrole nitrogens is 1. The van der Waals surface area contributed by atoms with Crippen molar-refractivity contribution in [1.29, 1.82) is 0 Å². The molecule has 0 spiro atoms. The summed E-state index contributed by atoms with van der Waals surface area (Å²) in [5.74, 6) is 0.772. The van der Waals surface area contributed by atoms with Gasteiger partial charge < -0.3 is 10.2 Å². The first-order valence-electron chi connectivity index (χ1n) is 13.0. The van der Waals surface area contributed by atoms with E-state index in [0.717, 1.165) is 49.5 Å². The molecule has 10 nitrogen and oxygen atoms in total. The second-order valence-electron chi connectivity index (χ2n) is 10.3. The highest BCUT2D eigenvalue weighted by Gasteiger charge is 2.24. The molecule has 2 aromatic heterocycles.